The maximum absolute atomic E-state index is 13.8. The second kappa shape index (κ2) is 8.27. The number of rotatable bonds is 4. The quantitative estimate of drug-likeness (QED) is 0.629. The van der Waals surface area contributed by atoms with Gasteiger partial charge in [-0.25, -0.2) is 0 Å². The number of fused-ring (bicyclic) bond motifs is 3. The number of ketones is 4. The molecule has 0 aliphatic heterocycles. The summed E-state index contributed by atoms with van der Waals surface area (Å²) in [5.74, 6) is -8.65. The lowest BCUT2D eigenvalue weighted by molar-refractivity contribution is -0.152. The molecule has 2 saturated carbocycles. The maximum Gasteiger partial charge on any atom is 0.235 e. The molecule has 5 atom stereocenters. The van der Waals surface area contributed by atoms with Crippen molar-refractivity contribution < 1.29 is 33.5 Å². The van der Waals surface area contributed by atoms with E-state index >= 15 is 0 Å². The van der Waals surface area contributed by atoms with Crippen LogP contribution in [0.2, 0.25) is 0 Å². The SMILES string of the molecule is CN(C)Cc1cc(-c2ccoc2)c2c(c1O)C(=O)C1C(=O)C3C(=O)C(C(N)=O)C(=O)C[C@@H]3C[C@@H]1C2. The van der Waals surface area contributed by atoms with Crippen LogP contribution >= 0.6 is 0 Å². The first-order valence-corrected chi connectivity index (χ1v) is 11.6. The molecule has 182 valence electrons. The molecule has 1 heterocycles. The average molecular weight is 479 g/mol. The molecule has 0 bridgehead atoms. The molecule has 0 spiro atoms. The van der Waals surface area contributed by atoms with Crippen molar-refractivity contribution in [3.63, 3.8) is 0 Å². The van der Waals surface area contributed by atoms with E-state index in [4.69, 9.17) is 10.2 Å². The fourth-order valence-electron chi connectivity index (χ4n) is 6.25. The topological polar surface area (TPSA) is 148 Å². The summed E-state index contributed by atoms with van der Waals surface area (Å²) in [6.07, 6.45) is 3.64. The van der Waals surface area contributed by atoms with Crippen molar-refractivity contribution in [2.24, 2.45) is 35.3 Å². The number of carbonyl (C=O) groups excluding carboxylic acids is 5. The van der Waals surface area contributed by atoms with Crippen molar-refractivity contribution in [1.29, 1.82) is 0 Å². The van der Waals surface area contributed by atoms with Gasteiger partial charge in [-0.05, 0) is 62.0 Å². The van der Waals surface area contributed by atoms with Crippen LogP contribution in [0.1, 0.15) is 34.3 Å². The van der Waals surface area contributed by atoms with Gasteiger partial charge >= 0.3 is 0 Å². The molecule has 5 rings (SSSR count). The van der Waals surface area contributed by atoms with Crippen LogP contribution in [0.4, 0.5) is 0 Å². The number of benzene rings is 1. The molecule has 1 aromatic heterocycles. The lowest BCUT2D eigenvalue weighted by Crippen LogP contribution is -2.56. The van der Waals surface area contributed by atoms with Crippen molar-refractivity contribution in [2.75, 3.05) is 14.1 Å². The third kappa shape index (κ3) is 3.53. The number of primary amides is 1. The summed E-state index contributed by atoms with van der Waals surface area (Å²) >= 11 is 0. The molecule has 1 amide bonds. The zero-order valence-electron chi connectivity index (χ0n) is 19.4. The van der Waals surface area contributed by atoms with Gasteiger partial charge in [0.1, 0.15) is 5.75 Å². The number of amides is 1. The minimum atomic E-state index is -1.64. The highest BCUT2D eigenvalue weighted by atomic mass is 16.3. The molecule has 1 aromatic carbocycles. The van der Waals surface area contributed by atoms with Gasteiger partial charge in [-0.15, -0.1) is 0 Å². The van der Waals surface area contributed by atoms with Gasteiger partial charge in [-0.1, -0.05) is 0 Å². The Morgan fingerprint density at radius 1 is 1.11 bits per heavy atom. The van der Waals surface area contributed by atoms with E-state index in [2.05, 4.69) is 0 Å². The first-order valence-electron chi connectivity index (χ1n) is 11.6. The molecule has 0 radical (unpaired) electrons. The van der Waals surface area contributed by atoms with Crippen molar-refractivity contribution in [1.82, 2.24) is 4.90 Å². The predicted molar refractivity (Wildman–Crippen MR) is 122 cm³/mol. The summed E-state index contributed by atoms with van der Waals surface area (Å²) < 4.78 is 5.26. The zero-order valence-corrected chi connectivity index (χ0v) is 19.4. The fourth-order valence-corrected chi connectivity index (χ4v) is 6.25. The number of furan rings is 1. The average Bonchev–Trinajstić information content (AvgIpc) is 3.29. The van der Waals surface area contributed by atoms with E-state index in [-0.39, 0.29) is 17.7 Å². The largest absolute Gasteiger partial charge is 0.507 e. The Labute approximate surface area is 201 Å². The van der Waals surface area contributed by atoms with E-state index in [1.165, 1.54) is 6.26 Å². The Balaban J connectivity index is 1.62. The summed E-state index contributed by atoms with van der Waals surface area (Å²) in [5.41, 5.74) is 8.03. The van der Waals surface area contributed by atoms with E-state index in [1.807, 2.05) is 25.1 Å². The monoisotopic (exact) mass is 478 g/mol. The van der Waals surface area contributed by atoms with E-state index in [9.17, 15) is 29.1 Å². The van der Waals surface area contributed by atoms with Crippen molar-refractivity contribution >= 4 is 29.0 Å². The number of nitrogens with two attached hydrogens (primary N) is 1. The molecule has 9 heteroatoms. The second-order valence-corrected chi connectivity index (χ2v) is 10.1. The van der Waals surface area contributed by atoms with E-state index < -0.39 is 58.6 Å². The van der Waals surface area contributed by atoms with Crippen molar-refractivity contribution in [2.45, 2.75) is 25.8 Å². The highest BCUT2D eigenvalue weighted by Gasteiger charge is 2.57. The van der Waals surface area contributed by atoms with Crippen LogP contribution in [0.5, 0.6) is 5.75 Å². The van der Waals surface area contributed by atoms with Crippen LogP contribution in [0.25, 0.3) is 11.1 Å². The normalized spacial score (nSPS) is 28.0. The van der Waals surface area contributed by atoms with Crippen LogP contribution < -0.4 is 5.73 Å². The van der Waals surface area contributed by atoms with Crippen LogP contribution in [0.15, 0.2) is 29.1 Å². The molecule has 9 nitrogen and oxygen atoms in total. The molecule has 2 aromatic rings. The van der Waals surface area contributed by atoms with Gasteiger partial charge in [-0.3, -0.25) is 24.0 Å². The van der Waals surface area contributed by atoms with E-state index in [0.717, 1.165) is 11.1 Å². The molecule has 2 fully saturated rings. The Morgan fingerprint density at radius 3 is 2.46 bits per heavy atom. The number of hydrogen-bond acceptors (Lipinski definition) is 8. The first-order chi connectivity index (χ1) is 16.6. The first kappa shape index (κ1) is 23.2. The van der Waals surface area contributed by atoms with Crippen LogP contribution in [-0.2, 0) is 32.1 Å². The van der Waals surface area contributed by atoms with Gasteiger partial charge in [0, 0.05) is 24.1 Å². The number of hydrogen-bond donors (Lipinski definition) is 2. The fraction of sp³-hybridized carbons (Fsp3) is 0.423. The Kier molecular flexibility index (Phi) is 5.47. The van der Waals surface area contributed by atoms with Gasteiger partial charge < -0.3 is 20.2 Å². The number of aromatic hydroxyl groups is 1. The van der Waals surface area contributed by atoms with Crippen LogP contribution in [-0.4, -0.2) is 53.1 Å². The lowest BCUT2D eigenvalue weighted by atomic mass is 9.55. The molecule has 3 N–H and O–H groups in total. The van der Waals surface area contributed by atoms with E-state index in [0.29, 0.717) is 30.5 Å². The molecule has 0 saturated heterocycles. The van der Waals surface area contributed by atoms with Gasteiger partial charge in [0.05, 0.1) is 29.9 Å². The Hall–Kier alpha value is -3.59. The molecular formula is C26H26N2O7. The third-order valence-electron chi connectivity index (χ3n) is 7.62. The van der Waals surface area contributed by atoms with Gasteiger partial charge in [-0.2, -0.15) is 0 Å². The van der Waals surface area contributed by atoms with Crippen molar-refractivity contribution in [3.8, 4) is 16.9 Å². The number of phenols is 1. The van der Waals surface area contributed by atoms with Gasteiger partial charge in [0.15, 0.2) is 29.1 Å². The minimum absolute atomic E-state index is 0.0956. The number of phenolic OH excluding ortho intramolecular Hbond substituents is 1. The van der Waals surface area contributed by atoms with E-state index in [1.54, 1.807) is 12.3 Å². The highest BCUT2D eigenvalue weighted by molar-refractivity contribution is 6.27. The summed E-state index contributed by atoms with van der Waals surface area (Å²) in [6, 6.07) is 3.61. The lowest BCUT2D eigenvalue weighted by Gasteiger charge is -2.44. The number of carbonyl (C=O) groups is 5. The molecule has 3 aliphatic rings. The van der Waals surface area contributed by atoms with Gasteiger partial charge in [0.2, 0.25) is 5.91 Å². The summed E-state index contributed by atoms with van der Waals surface area (Å²) in [6.45, 7) is 0.366. The van der Waals surface area contributed by atoms with Crippen molar-refractivity contribution in [3.05, 3.63) is 41.3 Å². The van der Waals surface area contributed by atoms with Crippen LogP contribution in [0, 0.1) is 29.6 Å². The Morgan fingerprint density at radius 2 is 1.83 bits per heavy atom. The van der Waals surface area contributed by atoms with Gasteiger partial charge in [0.25, 0.3) is 0 Å². The minimum Gasteiger partial charge on any atom is -0.507 e. The zero-order chi connectivity index (χ0) is 25.2. The summed E-state index contributed by atoms with van der Waals surface area (Å²) in [7, 11) is 3.68. The smallest absolute Gasteiger partial charge is 0.235 e. The van der Waals surface area contributed by atoms with Crippen LogP contribution in [0.3, 0.4) is 0 Å². The molecular weight excluding hydrogens is 452 g/mol. The number of Topliss-reactive ketones (excluding diaryl/α,β-unsaturated/α-hetero) is 4. The molecule has 35 heavy (non-hydrogen) atoms. The standard InChI is InChI=1S/C26H26N2O7/c1-28(2)9-14-7-15(11-3-4-35-10-11)16-6-12-5-13-8-17(29)21(26(27)34)25(33)19(13)23(31)18(12)24(32)20(16)22(14)30/h3-4,7,10,12-13,18-19,21,30H,5-6,8-9H2,1-2H3,(H2,27,34)/t12-,13+,18?,19?,21?/m1/s1. The second-order valence-electron chi connectivity index (χ2n) is 10.1. The summed E-state index contributed by atoms with van der Waals surface area (Å²) in [4.78, 5) is 66.4. The molecule has 3 unspecified atom stereocenters. The molecule has 3 aliphatic carbocycles. The summed E-state index contributed by atoms with van der Waals surface area (Å²) in [5, 5.41) is 11.1. The third-order valence-corrected chi connectivity index (χ3v) is 7.62. The highest BCUT2D eigenvalue weighted by Crippen LogP contribution is 2.50. The predicted octanol–water partition coefficient (Wildman–Crippen LogP) is 1.53. The Bertz CT molecular complexity index is 1280. The maximum atomic E-state index is 13.8. The number of nitrogens with zero attached hydrogens (tertiary/aromatic N) is 1.